The predicted molar refractivity (Wildman–Crippen MR) is 227 cm³/mol. The fourth-order valence-corrected chi connectivity index (χ4v) is 8.06. The molecule has 0 atom stereocenters. The Bertz CT molecular complexity index is 2940. The first kappa shape index (κ1) is 30.8. The molecular weight excluding hydrogens is 639 g/mol. The van der Waals surface area contributed by atoms with Gasteiger partial charge in [0.25, 0.3) is 0 Å². The zero-order chi connectivity index (χ0) is 35.1. The Labute approximate surface area is 309 Å². The minimum absolute atomic E-state index is 1.10. The zero-order valence-corrected chi connectivity index (χ0v) is 29.2. The van der Waals surface area contributed by atoms with Crippen LogP contribution in [0.15, 0.2) is 212 Å². The van der Waals surface area contributed by atoms with Gasteiger partial charge >= 0.3 is 0 Å². The van der Waals surface area contributed by atoms with Gasteiger partial charge in [0.2, 0.25) is 0 Å². The SMILES string of the molecule is c1ccc(-c2cccc3c(N(c4ccc(-c5cc6ccccc6c6ccccc56)cc4)c4cccc(-c5ccc6ccccc6c5)c4)cccc23)cc1. The minimum Gasteiger partial charge on any atom is -0.310 e. The lowest BCUT2D eigenvalue weighted by Gasteiger charge is -2.28. The van der Waals surface area contributed by atoms with Gasteiger partial charge in [-0.2, -0.15) is 0 Å². The molecule has 0 N–H and O–H groups in total. The largest absolute Gasteiger partial charge is 0.310 e. The summed E-state index contributed by atoms with van der Waals surface area (Å²) in [6.07, 6.45) is 0. The Morgan fingerprint density at radius 3 is 1.66 bits per heavy atom. The van der Waals surface area contributed by atoms with Crippen molar-refractivity contribution in [2.75, 3.05) is 4.90 Å². The number of hydrogen-bond donors (Lipinski definition) is 0. The summed E-state index contributed by atoms with van der Waals surface area (Å²) in [7, 11) is 0. The molecular formula is C52H35N. The molecule has 0 bridgehead atoms. The standard InChI is InChI=1S/C52H35N/c1-2-14-37(15-3-1)45-23-11-25-50-48(45)24-12-26-52(50)53(44-19-10-18-40(34-44)41-28-27-36-13-4-5-16-39(36)33-41)43-31-29-38(30-32-43)51-35-42-17-6-7-20-46(42)47-21-8-9-22-49(47)51/h1-35H. The van der Waals surface area contributed by atoms with E-state index in [9.17, 15) is 0 Å². The van der Waals surface area contributed by atoms with Crippen LogP contribution in [-0.2, 0) is 0 Å². The van der Waals surface area contributed by atoms with Crippen molar-refractivity contribution in [2.45, 2.75) is 0 Å². The summed E-state index contributed by atoms with van der Waals surface area (Å²) in [6.45, 7) is 0. The van der Waals surface area contributed by atoms with Crippen LogP contribution < -0.4 is 4.90 Å². The van der Waals surface area contributed by atoms with E-state index < -0.39 is 0 Å². The summed E-state index contributed by atoms with van der Waals surface area (Å²) in [5, 5.41) is 10.0. The Kier molecular flexibility index (Phi) is 7.55. The number of anilines is 3. The fraction of sp³-hybridized carbons (Fsp3) is 0. The van der Waals surface area contributed by atoms with E-state index in [0.29, 0.717) is 0 Å². The van der Waals surface area contributed by atoms with Crippen molar-refractivity contribution in [1.29, 1.82) is 0 Å². The number of rotatable bonds is 6. The predicted octanol–water partition coefficient (Wildman–Crippen LogP) is 14.8. The van der Waals surface area contributed by atoms with Crippen LogP contribution in [-0.4, -0.2) is 0 Å². The lowest BCUT2D eigenvalue weighted by Crippen LogP contribution is -2.10. The normalized spacial score (nSPS) is 11.4. The second-order valence-corrected chi connectivity index (χ2v) is 13.7. The molecule has 10 aromatic rings. The number of fused-ring (bicyclic) bond motifs is 5. The molecule has 0 aliphatic heterocycles. The second kappa shape index (κ2) is 13.0. The Hall–Kier alpha value is -6.96. The van der Waals surface area contributed by atoms with Crippen LogP contribution in [0.4, 0.5) is 17.1 Å². The molecule has 0 saturated heterocycles. The second-order valence-electron chi connectivity index (χ2n) is 13.7. The number of hydrogen-bond acceptors (Lipinski definition) is 1. The molecule has 0 radical (unpaired) electrons. The van der Waals surface area contributed by atoms with Gasteiger partial charge in [0, 0.05) is 16.8 Å². The molecule has 0 aliphatic carbocycles. The summed E-state index contributed by atoms with van der Waals surface area (Å²) in [5.74, 6) is 0. The zero-order valence-electron chi connectivity index (χ0n) is 29.2. The van der Waals surface area contributed by atoms with Gasteiger partial charge in [-0.3, -0.25) is 0 Å². The summed E-state index contributed by atoms with van der Waals surface area (Å²) in [4.78, 5) is 2.42. The highest BCUT2D eigenvalue weighted by Crippen LogP contribution is 2.43. The first-order chi connectivity index (χ1) is 26.3. The molecule has 0 amide bonds. The number of benzene rings is 10. The van der Waals surface area contributed by atoms with Crippen LogP contribution in [0.5, 0.6) is 0 Å². The van der Waals surface area contributed by atoms with E-state index in [-0.39, 0.29) is 0 Å². The third-order valence-corrected chi connectivity index (χ3v) is 10.6. The first-order valence-electron chi connectivity index (χ1n) is 18.3. The van der Waals surface area contributed by atoms with Gasteiger partial charge in [-0.05, 0) is 114 Å². The van der Waals surface area contributed by atoms with Crippen molar-refractivity contribution in [1.82, 2.24) is 0 Å². The topological polar surface area (TPSA) is 3.24 Å². The van der Waals surface area contributed by atoms with E-state index in [4.69, 9.17) is 0 Å². The highest BCUT2D eigenvalue weighted by atomic mass is 15.1. The molecule has 0 unspecified atom stereocenters. The van der Waals surface area contributed by atoms with E-state index in [1.165, 1.54) is 76.5 Å². The molecule has 1 heteroatoms. The third-order valence-electron chi connectivity index (χ3n) is 10.6. The summed E-state index contributed by atoms with van der Waals surface area (Å²) in [6, 6.07) is 77.3. The third kappa shape index (κ3) is 5.51. The van der Waals surface area contributed by atoms with Gasteiger partial charge in [-0.25, -0.2) is 0 Å². The molecule has 0 fully saturated rings. The molecule has 0 spiro atoms. The molecule has 248 valence electrons. The van der Waals surface area contributed by atoms with Gasteiger partial charge in [0.1, 0.15) is 0 Å². The van der Waals surface area contributed by atoms with Crippen LogP contribution in [0, 0.1) is 0 Å². The Morgan fingerprint density at radius 1 is 0.245 bits per heavy atom. The maximum absolute atomic E-state index is 2.42. The lowest BCUT2D eigenvalue weighted by atomic mass is 9.93. The van der Waals surface area contributed by atoms with Gasteiger partial charge in [0.15, 0.2) is 0 Å². The quantitative estimate of drug-likeness (QED) is 0.159. The van der Waals surface area contributed by atoms with Crippen LogP contribution in [0.1, 0.15) is 0 Å². The maximum atomic E-state index is 2.42. The summed E-state index contributed by atoms with van der Waals surface area (Å²) < 4.78 is 0. The average Bonchev–Trinajstić information content (AvgIpc) is 3.24. The van der Waals surface area contributed by atoms with Crippen molar-refractivity contribution < 1.29 is 0 Å². The minimum atomic E-state index is 1.10. The van der Waals surface area contributed by atoms with Crippen LogP contribution in [0.3, 0.4) is 0 Å². The molecule has 10 aromatic carbocycles. The van der Waals surface area contributed by atoms with Crippen LogP contribution in [0.2, 0.25) is 0 Å². The van der Waals surface area contributed by atoms with Gasteiger partial charge in [0.05, 0.1) is 5.69 Å². The Balaban J connectivity index is 1.15. The fourth-order valence-electron chi connectivity index (χ4n) is 8.06. The molecule has 53 heavy (non-hydrogen) atoms. The molecule has 0 aromatic heterocycles. The molecule has 0 aliphatic rings. The van der Waals surface area contributed by atoms with E-state index in [1.807, 2.05) is 0 Å². The summed E-state index contributed by atoms with van der Waals surface area (Å²) >= 11 is 0. The lowest BCUT2D eigenvalue weighted by molar-refractivity contribution is 1.30. The van der Waals surface area contributed by atoms with Crippen molar-refractivity contribution >= 4 is 60.2 Å². The molecule has 0 heterocycles. The molecule has 1 nitrogen and oxygen atoms in total. The van der Waals surface area contributed by atoms with Crippen molar-refractivity contribution in [3.8, 4) is 33.4 Å². The van der Waals surface area contributed by atoms with E-state index in [0.717, 1.165) is 17.1 Å². The first-order valence-corrected chi connectivity index (χ1v) is 18.3. The number of nitrogens with zero attached hydrogens (tertiary/aromatic N) is 1. The Morgan fingerprint density at radius 2 is 0.811 bits per heavy atom. The van der Waals surface area contributed by atoms with E-state index in [1.54, 1.807) is 0 Å². The molecule has 10 rings (SSSR count). The van der Waals surface area contributed by atoms with E-state index in [2.05, 4.69) is 217 Å². The van der Waals surface area contributed by atoms with Crippen molar-refractivity contribution in [3.63, 3.8) is 0 Å². The van der Waals surface area contributed by atoms with E-state index >= 15 is 0 Å². The van der Waals surface area contributed by atoms with Gasteiger partial charge in [-0.1, -0.05) is 170 Å². The van der Waals surface area contributed by atoms with Crippen LogP contribution >= 0.6 is 0 Å². The highest BCUT2D eigenvalue weighted by molar-refractivity contribution is 6.14. The molecule has 0 saturated carbocycles. The van der Waals surface area contributed by atoms with Crippen LogP contribution in [0.25, 0.3) is 76.5 Å². The maximum Gasteiger partial charge on any atom is 0.0540 e. The van der Waals surface area contributed by atoms with Gasteiger partial charge in [-0.15, -0.1) is 0 Å². The van der Waals surface area contributed by atoms with Gasteiger partial charge < -0.3 is 4.90 Å². The monoisotopic (exact) mass is 673 g/mol. The average molecular weight is 674 g/mol. The van der Waals surface area contributed by atoms with Crippen molar-refractivity contribution in [2.24, 2.45) is 0 Å². The summed E-state index contributed by atoms with van der Waals surface area (Å²) in [5.41, 5.74) is 10.6. The smallest absolute Gasteiger partial charge is 0.0540 e. The highest BCUT2D eigenvalue weighted by Gasteiger charge is 2.18. The van der Waals surface area contributed by atoms with Crippen molar-refractivity contribution in [3.05, 3.63) is 212 Å².